The maximum absolute atomic E-state index is 13.1. The molecule has 0 saturated carbocycles. The van der Waals surface area contributed by atoms with E-state index in [4.69, 9.17) is 30.5 Å². The summed E-state index contributed by atoms with van der Waals surface area (Å²) in [5.41, 5.74) is 3.73. The quantitative estimate of drug-likeness (QED) is 0.350. The van der Waals surface area contributed by atoms with Gasteiger partial charge in [-0.2, -0.15) is 0 Å². The Kier molecular flexibility index (Phi) is 7.51. The molecule has 0 saturated heterocycles. The van der Waals surface area contributed by atoms with Crippen molar-refractivity contribution < 1.29 is 23.7 Å². The van der Waals surface area contributed by atoms with Crippen molar-refractivity contribution in [2.24, 2.45) is 0 Å². The Morgan fingerprint density at radius 2 is 1.46 bits per heavy atom. The van der Waals surface area contributed by atoms with E-state index in [1.165, 1.54) is 0 Å². The lowest BCUT2D eigenvalue weighted by atomic mass is 9.90. The number of ether oxygens (including phenoxy) is 4. The molecule has 3 aromatic carbocycles. The third-order valence-electron chi connectivity index (χ3n) is 6.16. The van der Waals surface area contributed by atoms with Crippen LogP contribution < -0.4 is 18.9 Å². The highest BCUT2D eigenvalue weighted by atomic mass is 35.5. The topological polar surface area (TPSA) is 57.2 Å². The molecule has 0 N–H and O–H groups in total. The lowest BCUT2D eigenvalue weighted by Crippen LogP contribution is -2.33. The maximum atomic E-state index is 13.1. The molecule has 1 aliphatic heterocycles. The number of carbonyl (C=O) groups is 1. The van der Waals surface area contributed by atoms with Crippen LogP contribution in [0.1, 0.15) is 33.1 Å². The number of ketones is 1. The van der Waals surface area contributed by atoms with E-state index >= 15 is 0 Å². The van der Waals surface area contributed by atoms with E-state index in [0.717, 1.165) is 16.7 Å². The molecule has 0 amide bonds. The normalized spacial score (nSPS) is 14.3. The van der Waals surface area contributed by atoms with Gasteiger partial charge in [-0.25, -0.2) is 0 Å². The van der Waals surface area contributed by atoms with Gasteiger partial charge in [-0.3, -0.25) is 4.79 Å². The van der Waals surface area contributed by atoms with Crippen LogP contribution in [0.15, 0.2) is 60.8 Å². The summed E-state index contributed by atoms with van der Waals surface area (Å²) in [6.07, 6.45) is 4.60. The second kappa shape index (κ2) is 10.7. The third kappa shape index (κ3) is 5.23. The lowest BCUT2D eigenvalue weighted by molar-refractivity contribution is 0.0933. The Morgan fingerprint density at radius 3 is 2.11 bits per heavy atom. The van der Waals surface area contributed by atoms with E-state index < -0.39 is 0 Å². The predicted molar refractivity (Wildman–Crippen MR) is 137 cm³/mol. The molecule has 182 valence electrons. The molecule has 1 unspecified atom stereocenters. The summed E-state index contributed by atoms with van der Waals surface area (Å²) >= 11 is 6.00. The van der Waals surface area contributed by atoms with E-state index in [1.54, 1.807) is 52.7 Å². The number of carbonyl (C=O) groups excluding carboxylic acids is 1. The van der Waals surface area contributed by atoms with Crippen molar-refractivity contribution in [1.82, 2.24) is 4.90 Å². The van der Waals surface area contributed by atoms with Crippen molar-refractivity contribution in [3.63, 3.8) is 0 Å². The van der Waals surface area contributed by atoms with E-state index in [2.05, 4.69) is 4.90 Å². The first kappa shape index (κ1) is 24.5. The summed E-state index contributed by atoms with van der Waals surface area (Å²) in [7, 11) is 6.47. The lowest BCUT2D eigenvalue weighted by Gasteiger charge is -2.35. The summed E-state index contributed by atoms with van der Waals surface area (Å²) in [4.78, 5) is 15.2. The fourth-order valence-corrected chi connectivity index (χ4v) is 4.44. The molecule has 4 rings (SSSR count). The van der Waals surface area contributed by atoms with E-state index in [0.29, 0.717) is 40.0 Å². The molecular weight excluding hydrogens is 466 g/mol. The van der Waals surface area contributed by atoms with Crippen molar-refractivity contribution in [2.45, 2.75) is 12.5 Å². The minimum absolute atomic E-state index is 0.00700. The van der Waals surface area contributed by atoms with Crippen molar-refractivity contribution in [3.8, 4) is 23.0 Å². The molecule has 0 spiro atoms. The largest absolute Gasteiger partial charge is 0.493 e. The molecule has 0 fully saturated rings. The van der Waals surface area contributed by atoms with E-state index in [1.807, 2.05) is 42.6 Å². The average molecular weight is 494 g/mol. The van der Waals surface area contributed by atoms with Gasteiger partial charge in [0.1, 0.15) is 0 Å². The summed E-state index contributed by atoms with van der Waals surface area (Å²) in [5.74, 6) is 2.64. The van der Waals surface area contributed by atoms with Crippen LogP contribution >= 0.6 is 11.6 Å². The molecule has 0 radical (unpaired) electrons. The zero-order valence-electron chi connectivity index (χ0n) is 20.2. The Labute approximate surface area is 210 Å². The summed E-state index contributed by atoms with van der Waals surface area (Å²) in [6, 6.07) is 16.7. The Bertz CT molecular complexity index is 1240. The van der Waals surface area contributed by atoms with Crippen molar-refractivity contribution in [3.05, 3.63) is 88.1 Å². The van der Waals surface area contributed by atoms with Gasteiger partial charge >= 0.3 is 0 Å². The van der Waals surface area contributed by atoms with Gasteiger partial charge in [0, 0.05) is 16.8 Å². The van der Waals surface area contributed by atoms with E-state index in [-0.39, 0.29) is 18.4 Å². The standard InChI is InChI=1S/C28H28ClNO5/c1-32-25-10-5-18(14-26(25)33-2)13-23-22-16-28(35-4)27(34-3)15-20(22)11-12-30(23)17-24(31)19-6-8-21(29)9-7-19/h5-12,14-16,23H,13,17H2,1-4H3. The molecule has 0 aliphatic carbocycles. The van der Waals surface area contributed by atoms with Gasteiger partial charge < -0.3 is 23.8 Å². The van der Waals surface area contributed by atoms with Crippen LogP contribution in [0.4, 0.5) is 0 Å². The number of benzene rings is 3. The number of fused-ring (bicyclic) bond motifs is 1. The maximum Gasteiger partial charge on any atom is 0.182 e. The fourth-order valence-electron chi connectivity index (χ4n) is 4.32. The number of nitrogens with zero attached hydrogens (tertiary/aromatic N) is 1. The highest BCUT2D eigenvalue weighted by molar-refractivity contribution is 6.30. The van der Waals surface area contributed by atoms with Crippen LogP contribution in [0.2, 0.25) is 5.02 Å². The molecular formula is C28H28ClNO5. The van der Waals surface area contributed by atoms with Crippen LogP contribution in [0.5, 0.6) is 23.0 Å². The fraction of sp³-hybridized carbons (Fsp3) is 0.250. The van der Waals surface area contributed by atoms with Gasteiger partial charge in [-0.05, 0) is 77.7 Å². The smallest absolute Gasteiger partial charge is 0.182 e. The molecule has 0 bridgehead atoms. The number of halogens is 1. The second-order valence-electron chi connectivity index (χ2n) is 8.16. The van der Waals surface area contributed by atoms with Crippen LogP contribution in [0.25, 0.3) is 6.08 Å². The monoisotopic (exact) mass is 493 g/mol. The first-order valence-electron chi connectivity index (χ1n) is 11.2. The van der Waals surface area contributed by atoms with E-state index in [9.17, 15) is 4.79 Å². The third-order valence-corrected chi connectivity index (χ3v) is 6.42. The van der Waals surface area contributed by atoms with Crippen molar-refractivity contribution in [2.75, 3.05) is 35.0 Å². The second-order valence-corrected chi connectivity index (χ2v) is 8.60. The molecule has 1 atom stereocenters. The van der Waals surface area contributed by atoms with Crippen LogP contribution in [0.3, 0.4) is 0 Å². The Hall–Kier alpha value is -3.64. The molecule has 3 aromatic rings. The first-order valence-corrected chi connectivity index (χ1v) is 11.5. The minimum Gasteiger partial charge on any atom is -0.493 e. The molecule has 6 nitrogen and oxygen atoms in total. The van der Waals surface area contributed by atoms with Crippen LogP contribution in [-0.4, -0.2) is 45.7 Å². The molecule has 35 heavy (non-hydrogen) atoms. The molecule has 1 heterocycles. The minimum atomic E-state index is -0.121. The van der Waals surface area contributed by atoms with Crippen molar-refractivity contribution in [1.29, 1.82) is 0 Å². The SMILES string of the molecule is COc1ccc(CC2c3cc(OC)c(OC)cc3C=CN2CC(=O)c2ccc(Cl)cc2)cc1OC. The van der Waals surface area contributed by atoms with Gasteiger partial charge in [-0.15, -0.1) is 0 Å². The molecule has 1 aliphatic rings. The van der Waals surface area contributed by atoms with Gasteiger partial charge in [0.15, 0.2) is 28.8 Å². The van der Waals surface area contributed by atoms with Gasteiger partial charge in [0.05, 0.1) is 41.0 Å². The zero-order valence-corrected chi connectivity index (χ0v) is 21.0. The Balaban J connectivity index is 1.72. The van der Waals surface area contributed by atoms with Crippen LogP contribution in [0, 0.1) is 0 Å². The summed E-state index contributed by atoms with van der Waals surface area (Å²) in [5, 5.41) is 0.598. The molecule has 7 heteroatoms. The average Bonchev–Trinajstić information content (AvgIpc) is 2.89. The highest BCUT2D eigenvalue weighted by Crippen LogP contribution is 2.40. The number of Topliss-reactive ketones (excluding diaryl/α,β-unsaturated/α-hetero) is 1. The number of hydrogen-bond acceptors (Lipinski definition) is 6. The van der Waals surface area contributed by atoms with Gasteiger partial charge in [-0.1, -0.05) is 17.7 Å². The summed E-state index contributed by atoms with van der Waals surface area (Å²) < 4.78 is 22.0. The van der Waals surface area contributed by atoms with Crippen molar-refractivity contribution >= 4 is 23.5 Å². The first-order chi connectivity index (χ1) is 17.0. The zero-order chi connectivity index (χ0) is 24.9. The predicted octanol–water partition coefficient (Wildman–Crippen LogP) is 5.83. The van der Waals surface area contributed by atoms with Gasteiger partial charge in [0.2, 0.25) is 0 Å². The van der Waals surface area contributed by atoms with Gasteiger partial charge in [0.25, 0.3) is 0 Å². The number of rotatable bonds is 9. The molecule has 0 aromatic heterocycles. The summed E-state index contributed by atoms with van der Waals surface area (Å²) in [6.45, 7) is 0.212. The number of hydrogen-bond donors (Lipinski definition) is 0. The number of methoxy groups -OCH3 is 4. The Morgan fingerprint density at radius 1 is 0.829 bits per heavy atom. The van der Waals surface area contributed by atoms with Crippen LogP contribution in [-0.2, 0) is 6.42 Å². The highest BCUT2D eigenvalue weighted by Gasteiger charge is 2.28.